The van der Waals surface area contributed by atoms with Crippen LogP contribution in [0.3, 0.4) is 0 Å². The van der Waals surface area contributed by atoms with Gasteiger partial charge in [-0.1, -0.05) is 37.3 Å². The summed E-state index contributed by atoms with van der Waals surface area (Å²) in [7, 11) is 0. The standard InChI is InChI=1S/C14H23NO2/c1-2-14(16)11-15-9-6-10-17-12-13-7-4-3-5-8-13/h3-5,7-8,14-16H,2,6,9-12H2,1H3. The first-order valence-electron chi connectivity index (χ1n) is 6.33. The molecule has 0 aliphatic rings. The van der Waals surface area contributed by atoms with Gasteiger partial charge in [0, 0.05) is 13.2 Å². The van der Waals surface area contributed by atoms with E-state index in [4.69, 9.17) is 4.74 Å². The quantitative estimate of drug-likeness (QED) is 0.645. The van der Waals surface area contributed by atoms with E-state index in [2.05, 4.69) is 17.4 Å². The molecule has 1 aromatic rings. The maximum absolute atomic E-state index is 9.32. The molecule has 1 atom stereocenters. The summed E-state index contributed by atoms with van der Waals surface area (Å²) in [5, 5.41) is 12.5. The maximum atomic E-state index is 9.32. The molecule has 1 unspecified atom stereocenters. The second-order valence-corrected chi connectivity index (χ2v) is 4.16. The second-order valence-electron chi connectivity index (χ2n) is 4.16. The number of ether oxygens (including phenoxy) is 1. The Morgan fingerprint density at radius 1 is 1.29 bits per heavy atom. The SMILES string of the molecule is CCC(O)CNCCCOCc1ccccc1. The minimum atomic E-state index is -0.222. The van der Waals surface area contributed by atoms with E-state index in [1.54, 1.807) is 0 Å². The minimum Gasteiger partial charge on any atom is -0.392 e. The monoisotopic (exact) mass is 237 g/mol. The smallest absolute Gasteiger partial charge is 0.0716 e. The van der Waals surface area contributed by atoms with Crippen molar-refractivity contribution in [3.8, 4) is 0 Å². The van der Waals surface area contributed by atoms with Gasteiger partial charge in [0.1, 0.15) is 0 Å². The summed E-state index contributed by atoms with van der Waals surface area (Å²) in [6, 6.07) is 10.2. The summed E-state index contributed by atoms with van der Waals surface area (Å²) >= 11 is 0. The Morgan fingerprint density at radius 3 is 2.76 bits per heavy atom. The van der Waals surface area contributed by atoms with Crippen LogP contribution in [0, 0.1) is 0 Å². The van der Waals surface area contributed by atoms with Gasteiger partial charge < -0.3 is 15.2 Å². The lowest BCUT2D eigenvalue weighted by Crippen LogP contribution is -2.27. The Balaban J connectivity index is 1.91. The molecule has 0 saturated carbocycles. The third kappa shape index (κ3) is 7.10. The van der Waals surface area contributed by atoms with Crippen LogP contribution in [0.2, 0.25) is 0 Å². The van der Waals surface area contributed by atoms with Gasteiger partial charge in [0.25, 0.3) is 0 Å². The first kappa shape index (κ1) is 14.2. The highest BCUT2D eigenvalue weighted by Crippen LogP contribution is 2.00. The lowest BCUT2D eigenvalue weighted by atomic mass is 10.2. The fourth-order valence-electron chi connectivity index (χ4n) is 1.48. The van der Waals surface area contributed by atoms with Crippen LogP contribution < -0.4 is 5.32 Å². The van der Waals surface area contributed by atoms with Crippen LogP contribution in [0.1, 0.15) is 25.3 Å². The number of rotatable bonds is 9. The van der Waals surface area contributed by atoms with E-state index >= 15 is 0 Å². The van der Waals surface area contributed by atoms with Gasteiger partial charge in [-0.15, -0.1) is 0 Å². The number of nitrogens with one attached hydrogen (secondary N) is 1. The second kappa shape index (κ2) is 9.16. The van der Waals surface area contributed by atoms with E-state index in [0.717, 1.165) is 26.0 Å². The lowest BCUT2D eigenvalue weighted by molar-refractivity contribution is 0.116. The lowest BCUT2D eigenvalue weighted by Gasteiger charge is -2.09. The highest BCUT2D eigenvalue weighted by molar-refractivity contribution is 5.13. The Kier molecular flexibility index (Phi) is 7.63. The Labute approximate surface area is 104 Å². The van der Waals surface area contributed by atoms with Gasteiger partial charge in [-0.25, -0.2) is 0 Å². The van der Waals surface area contributed by atoms with Crippen molar-refractivity contribution in [2.45, 2.75) is 32.5 Å². The predicted octanol–water partition coefficient (Wildman–Crippen LogP) is 1.95. The molecule has 0 aliphatic heterocycles. The zero-order valence-corrected chi connectivity index (χ0v) is 10.6. The van der Waals surface area contributed by atoms with Crippen molar-refractivity contribution in [1.29, 1.82) is 0 Å². The molecular weight excluding hydrogens is 214 g/mol. The fraction of sp³-hybridized carbons (Fsp3) is 0.571. The molecule has 0 radical (unpaired) electrons. The highest BCUT2D eigenvalue weighted by Gasteiger charge is 1.98. The molecule has 0 fully saturated rings. The molecule has 1 rings (SSSR count). The molecule has 0 heterocycles. The molecule has 3 heteroatoms. The normalized spacial score (nSPS) is 12.6. The zero-order chi connectivity index (χ0) is 12.3. The van der Waals surface area contributed by atoms with Crippen LogP contribution in [0.25, 0.3) is 0 Å². The van der Waals surface area contributed by atoms with Gasteiger partial charge in [-0.3, -0.25) is 0 Å². The van der Waals surface area contributed by atoms with E-state index in [9.17, 15) is 5.11 Å². The average Bonchev–Trinajstić information content (AvgIpc) is 2.38. The van der Waals surface area contributed by atoms with Crippen molar-refractivity contribution >= 4 is 0 Å². The largest absolute Gasteiger partial charge is 0.392 e. The fourth-order valence-corrected chi connectivity index (χ4v) is 1.48. The van der Waals surface area contributed by atoms with Crippen molar-refractivity contribution < 1.29 is 9.84 Å². The van der Waals surface area contributed by atoms with Crippen LogP contribution in [-0.2, 0) is 11.3 Å². The summed E-state index contributed by atoms with van der Waals surface area (Å²) in [4.78, 5) is 0. The van der Waals surface area contributed by atoms with E-state index in [1.807, 2.05) is 25.1 Å². The molecule has 0 spiro atoms. The van der Waals surface area contributed by atoms with Crippen LogP contribution in [0.15, 0.2) is 30.3 Å². The van der Waals surface area contributed by atoms with Gasteiger partial charge in [0.15, 0.2) is 0 Å². The number of aliphatic hydroxyl groups excluding tert-OH is 1. The van der Waals surface area contributed by atoms with Gasteiger partial charge >= 0.3 is 0 Å². The molecule has 0 aliphatic carbocycles. The molecule has 0 bridgehead atoms. The third-order valence-corrected chi connectivity index (χ3v) is 2.60. The zero-order valence-electron chi connectivity index (χ0n) is 10.6. The first-order chi connectivity index (χ1) is 8.33. The molecule has 0 aromatic heterocycles. The summed E-state index contributed by atoms with van der Waals surface area (Å²) in [6.45, 7) is 4.99. The van der Waals surface area contributed by atoms with Crippen LogP contribution in [-0.4, -0.2) is 30.9 Å². The van der Waals surface area contributed by atoms with E-state index in [1.165, 1.54) is 5.56 Å². The maximum Gasteiger partial charge on any atom is 0.0716 e. The topological polar surface area (TPSA) is 41.5 Å². The molecule has 0 amide bonds. The van der Waals surface area contributed by atoms with Crippen LogP contribution >= 0.6 is 0 Å². The van der Waals surface area contributed by atoms with E-state index < -0.39 is 0 Å². The Morgan fingerprint density at radius 2 is 2.06 bits per heavy atom. The predicted molar refractivity (Wildman–Crippen MR) is 69.9 cm³/mol. The summed E-state index contributed by atoms with van der Waals surface area (Å²) in [6.07, 6.45) is 1.56. The Bertz CT molecular complexity index is 277. The molecular formula is C14H23NO2. The van der Waals surface area contributed by atoms with Crippen molar-refractivity contribution in [2.24, 2.45) is 0 Å². The van der Waals surface area contributed by atoms with Crippen molar-refractivity contribution in [3.05, 3.63) is 35.9 Å². The van der Waals surface area contributed by atoms with E-state index in [0.29, 0.717) is 13.2 Å². The highest BCUT2D eigenvalue weighted by atomic mass is 16.5. The summed E-state index contributed by atoms with van der Waals surface area (Å²) < 4.78 is 5.55. The summed E-state index contributed by atoms with van der Waals surface area (Å²) in [5.41, 5.74) is 1.21. The van der Waals surface area contributed by atoms with Crippen molar-refractivity contribution in [3.63, 3.8) is 0 Å². The molecule has 3 nitrogen and oxygen atoms in total. The van der Waals surface area contributed by atoms with Crippen molar-refractivity contribution in [1.82, 2.24) is 5.32 Å². The molecule has 1 aromatic carbocycles. The number of benzene rings is 1. The first-order valence-corrected chi connectivity index (χ1v) is 6.33. The van der Waals surface area contributed by atoms with Gasteiger partial charge in [-0.05, 0) is 24.9 Å². The minimum absolute atomic E-state index is 0.222. The summed E-state index contributed by atoms with van der Waals surface area (Å²) in [5.74, 6) is 0. The van der Waals surface area contributed by atoms with Crippen molar-refractivity contribution in [2.75, 3.05) is 19.7 Å². The van der Waals surface area contributed by atoms with Gasteiger partial charge in [-0.2, -0.15) is 0 Å². The number of hydrogen-bond donors (Lipinski definition) is 2. The van der Waals surface area contributed by atoms with Crippen LogP contribution in [0.5, 0.6) is 0 Å². The number of hydrogen-bond acceptors (Lipinski definition) is 3. The van der Waals surface area contributed by atoms with E-state index in [-0.39, 0.29) is 6.10 Å². The Hall–Kier alpha value is -0.900. The molecule has 2 N–H and O–H groups in total. The number of aliphatic hydroxyl groups is 1. The van der Waals surface area contributed by atoms with Gasteiger partial charge in [0.05, 0.1) is 12.7 Å². The van der Waals surface area contributed by atoms with Crippen LogP contribution in [0.4, 0.5) is 0 Å². The molecule has 96 valence electrons. The molecule has 0 saturated heterocycles. The molecule has 17 heavy (non-hydrogen) atoms. The third-order valence-electron chi connectivity index (χ3n) is 2.60. The average molecular weight is 237 g/mol. The van der Waals surface area contributed by atoms with Gasteiger partial charge in [0.2, 0.25) is 0 Å².